The van der Waals surface area contributed by atoms with Crippen molar-refractivity contribution in [3.8, 4) is 0 Å². The average Bonchev–Trinajstić information content (AvgIpc) is 2.43. The van der Waals surface area contributed by atoms with Gasteiger partial charge in [0.1, 0.15) is 4.99 Å². The number of benzene rings is 1. The molecular formula is C14H18F2N2OS. The van der Waals surface area contributed by atoms with Gasteiger partial charge in [-0.15, -0.1) is 0 Å². The molecule has 110 valence electrons. The molecule has 20 heavy (non-hydrogen) atoms. The number of nitrogens with two attached hydrogens (primary N) is 1. The van der Waals surface area contributed by atoms with Crippen molar-refractivity contribution >= 4 is 22.9 Å². The number of thiocarbonyl (C=S) groups is 1. The molecule has 3 N–H and O–H groups in total. The third-order valence-electron chi connectivity index (χ3n) is 3.73. The predicted molar refractivity (Wildman–Crippen MR) is 78.9 cm³/mol. The quantitative estimate of drug-likeness (QED) is 0.838. The van der Waals surface area contributed by atoms with E-state index < -0.39 is 11.6 Å². The van der Waals surface area contributed by atoms with Crippen LogP contribution in [0.1, 0.15) is 31.2 Å². The summed E-state index contributed by atoms with van der Waals surface area (Å²) in [6, 6.07) is 2.97. The van der Waals surface area contributed by atoms with Gasteiger partial charge in [-0.25, -0.2) is 8.78 Å². The van der Waals surface area contributed by atoms with Gasteiger partial charge in [0.05, 0.1) is 5.69 Å². The molecule has 3 nitrogen and oxygen atoms in total. The molecule has 2 rings (SSSR count). The standard InChI is InChI=1S/C14H18F2N2OS/c15-12-10(14(17)20)4-5-11(13(12)16)18-7-2-1-3-9(18)6-8-19/h4-5,9,19H,1-3,6-8H2,(H2,17,20). The average molecular weight is 300 g/mol. The molecule has 6 heteroatoms. The maximum atomic E-state index is 14.2. The molecule has 1 fully saturated rings. The van der Waals surface area contributed by atoms with Gasteiger partial charge < -0.3 is 15.7 Å². The number of halogens is 2. The summed E-state index contributed by atoms with van der Waals surface area (Å²) in [6.45, 7) is 0.698. The highest BCUT2D eigenvalue weighted by atomic mass is 32.1. The second-order valence-corrected chi connectivity index (χ2v) is 5.42. The van der Waals surface area contributed by atoms with E-state index in [9.17, 15) is 8.78 Å². The van der Waals surface area contributed by atoms with Gasteiger partial charge in [0.15, 0.2) is 11.6 Å². The van der Waals surface area contributed by atoms with E-state index in [2.05, 4.69) is 0 Å². The topological polar surface area (TPSA) is 49.5 Å². The largest absolute Gasteiger partial charge is 0.396 e. The molecule has 0 bridgehead atoms. The monoisotopic (exact) mass is 300 g/mol. The third kappa shape index (κ3) is 2.91. The molecule has 0 aromatic heterocycles. The van der Waals surface area contributed by atoms with Gasteiger partial charge in [0, 0.05) is 24.8 Å². The predicted octanol–water partition coefficient (Wildman–Crippen LogP) is 2.34. The highest BCUT2D eigenvalue weighted by molar-refractivity contribution is 7.80. The SMILES string of the molecule is NC(=S)c1ccc(N2CCCCC2CCO)c(F)c1F. The molecule has 1 heterocycles. The van der Waals surface area contributed by atoms with Gasteiger partial charge in [0.25, 0.3) is 0 Å². The Kier molecular flexibility index (Phi) is 4.88. The Morgan fingerprint density at radius 3 is 2.75 bits per heavy atom. The van der Waals surface area contributed by atoms with Crippen LogP contribution in [-0.4, -0.2) is 29.3 Å². The number of rotatable bonds is 4. The van der Waals surface area contributed by atoms with Gasteiger partial charge in [-0.05, 0) is 37.8 Å². The van der Waals surface area contributed by atoms with E-state index in [-0.39, 0.29) is 28.9 Å². The van der Waals surface area contributed by atoms with Crippen molar-refractivity contribution in [1.29, 1.82) is 0 Å². The molecule has 0 saturated carbocycles. The number of nitrogens with zero attached hydrogens (tertiary/aromatic N) is 1. The minimum atomic E-state index is -0.997. The van der Waals surface area contributed by atoms with Crippen LogP contribution in [0, 0.1) is 11.6 Å². The van der Waals surface area contributed by atoms with Crippen LogP contribution >= 0.6 is 12.2 Å². The summed E-state index contributed by atoms with van der Waals surface area (Å²) in [5.41, 5.74) is 5.52. The number of anilines is 1. The van der Waals surface area contributed by atoms with E-state index >= 15 is 0 Å². The zero-order valence-corrected chi connectivity index (χ0v) is 11.9. The minimum Gasteiger partial charge on any atom is -0.396 e. The highest BCUT2D eigenvalue weighted by Gasteiger charge is 2.26. The van der Waals surface area contributed by atoms with E-state index in [0.717, 1.165) is 19.3 Å². The molecule has 1 aromatic rings. The summed E-state index contributed by atoms with van der Waals surface area (Å²) in [5.74, 6) is -1.91. The number of hydrogen-bond donors (Lipinski definition) is 2. The van der Waals surface area contributed by atoms with E-state index in [1.807, 2.05) is 4.90 Å². The number of piperidine rings is 1. The van der Waals surface area contributed by atoms with Crippen molar-refractivity contribution in [1.82, 2.24) is 0 Å². The van der Waals surface area contributed by atoms with Crippen LogP contribution in [0.5, 0.6) is 0 Å². The number of aliphatic hydroxyl groups excluding tert-OH is 1. The summed E-state index contributed by atoms with van der Waals surface area (Å²) in [4.78, 5) is 1.68. The van der Waals surface area contributed by atoms with Crippen LogP contribution in [0.4, 0.5) is 14.5 Å². The Labute approximate surface area is 122 Å². The van der Waals surface area contributed by atoms with Crippen LogP contribution < -0.4 is 10.6 Å². The lowest BCUT2D eigenvalue weighted by atomic mass is 9.98. The lowest BCUT2D eigenvalue weighted by Crippen LogP contribution is -2.40. The van der Waals surface area contributed by atoms with Crippen molar-refractivity contribution in [2.75, 3.05) is 18.1 Å². The fourth-order valence-corrected chi connectivity index (χ4v) is 2.88. The first-order chi connectivity index (χ1) is 9.56. The summed E-state index contributed by atoms with van der Waals surface area (Å²) in [6.07, 6.45) is 3.40. The number of hydrogen-bond acceptors (Lipinski definition) is 3. The molecule has 1 atom stereocenters. The van der Waals surface area contributed by atoms with Crippen molar-refractivity contribution in [3.63, 3.8) is 0 Å². The summed E-state index contributed by atoms with van der Waals surface area (Å²) < 4.78 is 28.2. The van der Waals surface area contributed by atoms with E-state index in [1.54, 1.807) is 0 Å². The zero-order valence-electron chi connectivity index (χ0n) is 11.1. The molecular weight excluding hydrogens is 282 g/mol. The molecule has 1 aliphatic heterocycles. The smallest absolute Gasteiger partial charge is 0.182 e. The molecule has 1 aliphatic rings. The normalized spacial score (nSPS) is 19.1. The Balaban J connectivity index is 2.36. The summed E-state index contributed by atoms with van der Waals surface area (Å²) in [5, 5.41) is 9.10. The Hall–Kier alpha value is -1.27. The molecule has 0 aliphatic carbocycles. The molecule has 1 aromatic carbocycles. The molecule has 0 spiro atoms. The Bertz CT molecular complexity index is 508. The van der Waals surface area contributed by atoms with Crippen LogP contribution in [0.25, 0.3) is 0 Å². The fraction of sp³-hybridized carbons (Fsp3) is 0.500. The number of aliphatic hydroxyl groups is 1. The van der Waals surface area contributed by atoms with Gasteiger partial charge in [-0.2, -0.15) is 0 Å². The van der Waals surface area contributed by atoms with E-state index in [1.165, 1.54) is 12.1 Å². The first-order valence-electron chi connectivity index (χ1n) is 6.71. The van der Waals surface area contributed by atoms with Crippen molar-refractivity contribution < 1.29 is 13.9 Å². The lowest BCUT2D eigenvalue weighted by Gasteiger charge is -2.37. The minimum absolute atomic E-state index is 0.0379. The molecule has 0 radical (unpaired) electrons. The van der Waals surface area contributed by atoms with Gasteiger partial charge in [-0.3, -0.25) is 0 Å². The maximum Gasteiger partial charge on any atom is 0.182 e. The fourth-order valence-electron chi connectivity index (χ4n) is 2.72. The summed E-state index contributed by atoms with van der Waals surface area (Å²) in [7, 11) is 0. The summed E-state index contributed by atoms with van der Waals surface area (Å²) >= 11 is 4.70. The molecule has 1 unspecified atom stereocenters. The van der Waals surface area contributed by atoms with Crippen LogP contribution in [0.3, 0.4) is 0 Å². The second kappa shape index (κ2) is 6.45. The van der Waals surface area contributed by atoms with E-state index in [4.69, 9.17) is 23.1 Å². The lowest BCUT2D eigenvalue weighted by molar-refractivity contribution is 0.262. The maximum absolute atomic E-state index is 14.2. The van der Waals surface area contributed by atoms with E-state index in [0.29, 0.717) is 13.0 Å². The zero-order chi connectivity index (χ0) is 14.7. The highest BCUT2D eigenvalue weighted by Crippen LogP contribution is 2.30. The van der Waals surface area contributed by atoms with Crippen LogP contribution in [0.2, 0.25) is 0 Å². The van der Waals surface area contributed by atoms with Crippen LogP contribution in [-0.2, 0) is 0 Å². The van der Waals surface area contributed by atoms with Gasteiger partial charge in [-0.1, -0.05) is 12.2 Å². The first-order valence-corrected chi connectivity index (χ1v) is 7.12. The second-order valence-electron chi connectivity index (χ2n) is 4.98. The Morgan fingerprint density at radius 2 is 2.10 bits per heavy atom. The third-order valence-corrected chi connectivity index (χ3v) is 3.95. The van der Waals surface area contributed by atoms with Crippen molar-refractivity contribution in [3.05, 3.63) is 29.3 Å². The van der Waals surface area contributed by atoms with Crippen molar-refractivity contribution in [2.24, 2.45) is 5.73 Å². The van der Waals surface area contributed by atoms with Gasteiger partial charge in [0.2, 0.25) is 0 Å². The molecule has 0 amide bonds. The first kappa shape index (κ1) is 15.1. The van der Waals surface area contributed by atoms with Crippen molar-refractivity contribution in [2.45, 2.75) is 31.7 Å². The molecule has 1 saturated heterocycles. The van der Waals surface area contributed by atoms with Crippen LogP contribution in [0.15, 0.2) is 12.1 Å². The Morgan fingerprint density at radius 1 is 1.35 bits per heavy atom. The van der Waals surface area contributed by atoms with Gasteiger partial charge >= 0.3 is 0 Å².